The minimum absolute atomic E-state index is 0. The highest BCUT2D eigenvalue weighted by Gasteiger charge is 2.17. The van der Waals surface area contributed by atoms with E-state index in [4.69, 9.17) is 4.98 Å². The monoisotopic (exact) mass is 326 g/mol. The normalized spacial score (nSPS) is 15.8. The second kappa shape index (κ2) is 7.46. The number of benzene rings is 1. The summed E-state index contributed by atoms with van der Waals surface area (Å²) in [7, 11) is 0. The van der Waals surface area contributed by atoms with Gasteiger partial charge in [0, 0.05) is 15.7 Å². The SMILES string of the molecule is Cc1sc(SC2CCNCC2)nc1-c1ccccc1.Cl. The van der Waals surface area contributed by atoms with E-state index in [0.717, 1.165) is 24.0 Å². The summed E-state index contributed by atoms with van der Waals surface area (Å²) in [5.41, 5.74) is 2.38. The van der Waals surface area contributed by atoms with Gasteiger partial charge in [0.05, 0.1) is 5.69 Å². The average Bonchev–Trinajstić information content (AvgIpc) is 2.82. The molecule has 0 saturated carbocycles. The minimum Gasteiger partial charge on any atom is -0.317 e. The van der Waals surface area contributed by atoms with Crippen LogP contribution in [0.3, 0.4) is 0 Å². The van der Waals surface area contributed by atoms with Crippen molar-refractivity contribution in [3.8, 4) is 11.3 Å². The Kier molecular flexibility index (Phi) is 5.90. The zero-order chi connectivity index (χ0) is 13.1. The van der Waals surface area contributed by atoms with Crippen molar-refractivity contribution in [1.82, 2.24) is 10.3 Å². The number of hydrogen-bond acceptors (Lipinski definition) is 4. The maximum atomic E-state index is 4.84. The molecule has 1 aliphatic rings. The third-order valence-electron chi connectivity index (χ3n) is 3.38. The molecule has 1 N–H and O–H groups in total. The highest BCUT2D eigenvalue weighted by Crippen LogP contribution is 2.36. The lowest BCUT2D eigenvalue weighted by molar-refractivity contribution is 0.531. The molecule has 1 aromatic carbocycles. The Labute approximate surface area is 134 Å². The van der Waals surface area contributed by atoms with E-state index in [1.54, 1.807) is 0 Å². The molecule has 1 saturated heterocycles. The zero-order valence-electron chi connectivity index (χ0n) is 11.5. The molecule has 1 aliphatic heterocycles. The summed E-state index contributed by atoms with van der Waals surface area (Å²) >= 11 is 3.80. The molecule has 0 amide bonds. The van der Waals surface area contributed by atoms with Crippen LogP contribution in [0.4, 0.5) is 0 Å². The highest BCUT2D eigenvalue weighted by molar-refractivity contribution is 8.01. The van der Waals surface area contributed by atoms with Gasteiger partial charge in [-0.05, 0) is 32.9 Å². The number of thioether (sulfide) groups is 1. The first-order chi connectivity index (χ1) is 9.33. The Hall–Kier alpha value is -0.550. The second-order valence-electron chi connectivity index (χ2n) is 4.82. The third-order valence-corrected chi connectivity index (χ3v) is 5.78. The molecule has 5 heteroatoms. The molecule has 1 aromatic heterocycles. The number of piperidine rings is 1. The molecule has 1 fully saturated rings. The lowest BCUT2D eigenvalue weighted by Gasteiger charge is -2.20. The topological polar surface area (TPSA) is 24.9 Å². The lowest BCUT2D eigenvalue weighted by atomic mass is 10.1. The van der Waals surface area contributed by atoms with Crippen LogP contribution in [0.2, 0.25) is 0 Å². The van der Waals surface area contributed by atoms with Crippen LogP contribution in [0.1, 0.15) is 17.7 Å². The molecule has 2 nitrogen and oxygen atoms in total. The van der Waals surface area contributed by atoms with Crippen molar-refractivity contribution in [2.45, 2.75) is 29.4 Å². The summed E-state index contributed by atoms with van der Waals surface area (Å²) in [5, 5.41) is 4.14. The first-order valence-electron chi connectivity index (χ1n) is 6.73. The fourth-order valence-corrected chi connectivity index (χ4v) is 4.88. The van der Waals surface area contributed by atoms with E-state index in [1.807, 2.05) is 23.1 Å². The van der Waals surface area contributed by atoms with Gasteiger partial charge in [0.25, 0.3) is 0 Å². The lowest BCUT2D eigenvalue weighted by Crippen LogP contribution is -2.29. The predicted molar refractivity (Wildman–Crippen MR) is 91.3 cm³/mol. The zero-order valence-corrected chi connectivity index (χ0v) is 13.9. The summed E-state index contributed by atoms with van der Waals surface area (Å²) < 4.78 is 1.23. The van der Waals surface area contributed by atoms with E-state index in [9.17, 15) is 0 Å². The molecule has 0 atom stereocenters. The number of nitrogens with one attached hydrogen (secondary N) is 1. The van der Waals surface area contributed by atoms with Gasteiger partial charge in [-0.2, -0.15) is 0 Å². The molecule has 20 heavy (non-hydrogen) atoms. The number of halogens is 1. The summed E-state index contributed by atoms with van der Waals surface area (Å²) in [6.45, 7) is 4.47. The summed E-state index contributed by atoms with van der Waals surface area (Å²) in [6, 6.07) is 10.5. The number of aryl methyl sites for hydroxylation is 1. The quantitative estimate of drug-likeness (QED) is 0.905. The fraction of sp³-hybridized carbons (Fsp3) is 0.400. The van der Waals surface area contributed by atoms with Crippen molar-refractivity contribution in [2.24, 2.45) is 0 Å². The van der Waals surface area contributed by atoms with E-state index < -0.39 is 0 Å². The number of rotatable bonds is 3. The van der Waals surface area contributed by atoms with E-state index in [0.29, 0.717) is 0 Å². The number of hydrogen-bond donors (Lipinski definition) is 1. The average molecular weight is 327 g/mol. The van der Waals surface area contributed by atoms with Crippen molar-refractivity contribution in [2.75, 3.05) is 13.1 Å². The van der Waals surface area contributed by atoms with Gasteiger partial charge in [0.1, 0.15) is 0 Å². The van der Waals surface area contributed by atoms with Crippen LogP contribution < -0.4 is 5.32 Å². The molecule has 2 aromatic rings. The molecule has 108 valence electrons. The molecule has 3 rings (SSSR count). The molecule has 0 bridgehead atoms. The molecular weight excluding hydrogens is 308 g/mol. The van der Waals surface area contributed by atoms with Crippen LogP contribution in [0.15, 0.2) is 34.7 Å². The third kappa shape index (κ3) is 3.76. The second-order valence-corrected chi connectivity index (χ2v) is 7.57. The molecule has 0 unspecified atom stereocenters. The van der Waals surface area contributed by atoms with E-state index in [2.05, 4.69) is 42.6 Å². The predicted octanol–water partition coefficient (Wildman–Crippen LogP) is 4.38. The molecule has 2 heterocycles. The van der Waals surface area contributed by atoms with Gasteiger partial charge in [-0.25, -0.2) is 4.98 Å². The van der Waals surface area contributed by atoms with E-state index >= 15 is 0 Å². The number of aromatic nitrogens is 1. The molecule has 0 spiro atoms. The molecule has 0 aliphatic carbocycles. The van der Waals surface area contributed by atoms with E-state index in [1.165, 1.54) is 27.6 Å². The van der Waals surface area contributed by atoms with Gasteiger partial charge in [-0.15, -0.1) is 23.7 Å². The first-order valence-corrected chi connectivity index (χ1v) is 8.43. The summed E-state index contributed by atoms with van der Waals surface area (Å²) in [6.07, 6.45) is 2.51. The van der Waals surface area contributed by atoms with E-state index in [-0.39, 0.29) is 12.4 Å². The summed E-state index contributed by atoms with van der Waals surface area (Å²) in [5.74, 6) is 0. The van der Waals surface area contributed by atoms with Crippen LogP contribution in [-0.2, 0) is 0 Å². The van der Waals surface area contributed by atoms with Crippen LogP contribution in [0, 0.1) is 6.92 Å². The fourth-order valence-electron chi connectivity index (χ4n) is 2.34. The minimum atomic E-state index is 0. The molecule has 0 radical (unpaired) electrons. The largest absolute Gasteiger partial charge is 0.317 e. The maximum Gasteiger partial charge on any atom is 0.151 e. The van der Waals surface area contributed by atoms with Gasteiger partial charge in [0.2, 0.25) is 0 Å². The Morgan fingerprint density at radius 2 is 1.90 bits per heavy atom. The van der Waals surface area contributed by atoms with Crippen LogP contribution >= 0.6 is 35.5 Å². The smallest absolute Gasteiger partial charge is 0.151 e. The Morgan fingerprint density at radius 3 is 2.60 bits per heavy atom. The van der Waals surface area contributed by atoms with Crippen molar-refractivity contribution in [3.63, 3.8) is 0 Å². The standard InChI is InChI=1S/C15H18N2S2.ClH/c1-11-14(12-5-3-2-4-6-12)17-15(18-11)19-13-7-9-16-10-8-13;/h2-6,13,16H,7-10H2,1H3;1H. The van der Waals surface area contributed by atoms with Gasteiger partial charge in [-0.1, -0.05) is 42.1 Å². The maximum absolute atomic E-state index is 4.84. The highest BCUT2D eigenvalue weighted by atomic mass is 35.5. The first kappa shape index (κ1) is 15.8. The number of thiazole rings is 1. The van der Waals surface area contributed by atoms with Crippen molar-refractivity contribution in [1.29, 1.82) is 0 Å². The Balaban J connectivity index is 0.00000147. The summed E-state index contributed by atoms with van der Waals surface area (Å²) in [4.78, 5) is 6.16. The van der Waals surface area contributed by atoms with Crippen molar-refractivity contribution in [3.05, 3.63) is 35.2 Å². The van der Waals surface area contributed by atoms with Gasteiger partial charge in [-0.3, -0.25) is 0 Å². The van der Waals surface area contributed by atoms with Gasteiger partial charge >= 0.3 is 0 Å². The Bertz CT molecular complexity index is 536. The molecular formula is C15H19ClN2S2. The van der Waals surface area contributed by atoms with Crippen LogP contribution in [0.25, 0.3) is 11.3 Å². The van der Waals surface area contributed by atoms with Gasteiger partial charge in [0.15, 0.2) is 4.34 Å². The van der Waals surface area contributed by atoms with Crippen molar-refractivity contribution >= 4 is 35.5 Å². The van der Waals surface area contributed by atoms with Crippen molar-refractivity contribution < 1.29 is 0 Å². The van der Waals surface area contributed by atoms with Gasteiger partial charge < -0.3 is 5.32 Å². The van der Waals surface area contributed by atoms with Crippen LogP contribution in [0.5, 0.6) is 0 Å². The number of nitrogens with zero attached hydrogens (tertiary/aromatic N) is 1. The Morgan fingerprint density at radius 1 is 1.20 bits per heavy atom. The van der Waals surface area contributed by atoms with Crippen LogP contribution in [-0.4, -0.2) is 23.3 Å².